The van der Waals surface area contributed by atoms with E-state index in [0.29, 0.717) is 5.92 Å². The van der Waals surface area contributed by atoms with Crippen molar-refractivity contribution in [2.24, 2.45) is 5.92 Å². The highest BCUT2D eigenvalue weighted by Gasteiger charge is 2.23. The van der Waals surface area contributed by atoms with Crippen LogP contribution in [0.3, 0.4) is 0 Å². The van der Waals surface area contributed by atoms with Gasteiger partial charge < -0.3 is 10.2 Å². The number of rotatable bonds is 4. The largest absolute Gasteiger partial charge is 0.325 e. The first-order valence-corrected chi connectivity index (χ1v) is 9.43. The lowest BCUT2D eigenvalue weighted by molar-refractivity contribution is 0.177. The zero-order valence-electron chi connectivity index (χ0n) is 14.7. The van der Waals surface area contributed by atoms with Crippen molar-refractivity contribution in [3.63, 3.8) is 0 Å². The van der Waals surface area contributed by atoms with E-state index in [-0.39, 0.29) is 6.03 Å². The predicted octanol–water partition coefficient (Wildman–Crippen LogP) is 3.71. The average molecular weight is 338 g/mol. The van der Waals surface area contributed by atoms with Crippen LogP contribution in [0.5, 0.6) is 0 Å². The van der Waals surface area contributed by atoms with Crippen LogP contribution in [0.25, 0.3) is 0 Å². The van der Waals surface area contributed by atoms with Crippen LogP contribution in [0.15, 0.2) is 36.7 Å². The first-order valence-electron chi connectivity index (χ1n) is 9.43. The molecule has 132 valence electrons. The Balaban J connectivity index is 1.25. The van der Waals surface area contributed by atoms with Gasteiger partial charge >= 0.3 is 6.03 Å². The third kappa shape index (κ3) is 3.86. The van der Waals surface area contributed by atoms with E-state index in [1.54, 1.807) is 0 Å². The number of hydrogen-bond donors (Lipinski definition) is 1. The van der Waals surface area contributed by atoms with E-state index in [1.165, 1.54) is 24.0 Å². The van der Waals surface area contributed by atoms with E-state index in [9.17, 15) is 4.79 Å². The van der Waals surface area contributed by atoms with Gasteiger partial charge in [-0.3, -0.25) is 4.68 Å². The molecule has 1 aromatic heterocycles. The number of aromatic nitrogens is 2. The molecule has 1 aliphatic carbocycles. The summed E-state index contributed by atoms with van der Waals surface area (Å²) < 4.78 is 1.99. The molecule has 1 aliphatic heterocycles. The van der Waals surface area contributed by atoms with Crippen molar-refractivity contribution in [3.8, 4) is 0 Å². The molecule has 0 unspecified atom stereocenters. The molecule has 1 aromatic carbocycles. The summed E-state index contributed by atoms with van der Waals surface area (Å²) in [5, 5.41) is 7.34. The Morgan fingerprint density at radius 1 is 1.20 bits per heavy atom. The standard InChI is InChI=1S/C20H26N4O/c25-20(22-19-6-5-17-3-1-4-18(17)15-19)23-12-7-16(8-13-23)9-14-24-11-2-10-21-24/h2,5-6,10-11,15-16H,1,3-4,7-9,12-14H2,(H,22,25). The Bertz CT molecular complexity index is 717. The average Bonchev–Trinajstić information content (AvgIpc) is 3.31. The number of nitrogens with one attached hydrogen (secondary N) is 1. The number of fused-ring (bicyclic) bond motifs is 1. The molecule has 5 heteroatoms. The number of likely N-dealkylation sites (tertiary alicyclic amines) is 1. The molecule has 0 atom stereocenters. The molecule has 2 amide bonds. The molecule has 2 aromatic rings. The van der Waals surface area contributed by atoms with Crippen molar-refractivity contribution in [1.29, 1.82) is 0 Å². The Morgan fingerprint density at radius 2 is 2.04 bits per heavy atom. The van der Waals surface area contributed by atoms with Gasteiger partial charge in [0.05, 0.1) is 0 Å². The highest BCUT2D eigenvalue weighted by Crippen LogP contribution is 2.26. The maximum absolute atomic E-state index is 12.5. The lowest BCUT2D eigenvalue weighted by Gasteiger charge is -2.32. The summed E-state index contributed by atoms with van der Waals surface area (Å²) in [6.45, 7) is 2.67. The minimum absolute atomic E-state index is 0.0449. The molecule has 25 heavy (non-hydrogen) atoms. The number of amides is 2. The predicted molar refractivity (Wildman–Crippen MR) is 98.6 cm³/mol. The zero-order valence-corrected chi connectivity index (χ0v) is 14.7. The third-order valence-corrected chi connectivity index (χ3v) is 5.58. The van der Waals surface area contributed by atoms with Crippen molar-refractivity contribution in [3.05, 3.63) is 47.8 Å². The van der Waals surface area contributed by atoms with Crippen molar-refractivity contribution in [2.45, 2.75) is 45.1 Å². The summed E-state index contributed by atoms with van der Waals surface area (Å²) in [5.41, 5.74) is 3.78. The molecular weight excluding hydrogens is 312 g/mol. The Kier molecular flexibility index (Phi) is 4.72. The first-order chi connectivity index (χ1) is 12.3. The van der Waals surface area contributed by atoms with Crippen molar-refractivity contribution < 1.29 is 4.79 Å². The van der Waals surface area contributed by atoms with E-state index < -0.39 is 0 Å². The fourth-order valence-electron chi connectivity index (χ4n) is 4.02. The zero-order chi connectivity index (χ0) is 17.1. The van der Waals surface area contributed by atoms with Gasteiger partial charge in [0.1, 0.15) is 0 Å². The fraction of sp³-hybridized carbons (Fsp3) is 0.500. The second-order valence-corrected chi connectivity index (χ2v) is 7.26. The molecule has 0 radical (unpaired) electrons. The van der Waals surface area contributed by atoms with E-state index in [0.717, 1.165) is 51.0 Å². The summed E-state index contributed by atoms with van der Waals surface area (Å²) >= 11 is 0. The fourth-order valence-corrected chi connectivity index (χ4v) is 4.02. The minimum atomic E-state index is 0.0449. The summed E-state index contributed by atoms with van der Waals surface area (Å²) in [4.78, 5) is 14.5. The van der Waals surface area contributed by atoms with Crippen LogP contribution in [0.2, 0.25) is 0 Å². The lowest BCUT2D eigenvalue weighted by atomic mass is 9.94. The number of hydrogen-bond acceptors (Lipinski definition) is 2. The van der Waals surface area contributed by atoms with E-state index in [1.807, 2.05) is 34.1 Å². The molecule has 2 aliphatic rings. The Hall–Kier alpha value is -2.30. The molecule has 1 N–H and O–H groups in total. The number of carbonyl (C=O) groups excluding carboxylic acids is 1. The van der Waals surface area contributed by atoms with Crippen LogP contribution in [-0.2, 0) is 19.4 Å². The number of piperidine rings is 1. The second kappa shape index (κ2) is 7.30. The number of aryl methyl sites for hydroxylation is 3. The van der Waals surface area contributed by atoms with Gasteiger partial charge in [-0.2, -0.15) is 5.10 Å². The summed E-state index contributed by atoms with van der Waals surface area (Å²) in [6, 6.07) is 8.37. The molecule has 4 rings (SSSR count). The molecule has 0 saturated carbocycles. The van der Waals surface area contributed by atoms with Gasteiger partial charge in [-0.05, 0) is 73.8 Å². The SMILES string of the molecule is O=C(Nc1ccc2c(c1)CCC2)N1CCC(CCn2cccn2)CC1. The van der Waals surface area contributed by atoms with Crippen molar-refractivity contribution in [2.75, 3.05) is 18.4 Å². The van der Waals surface area contributed by atoms with Crippen LogP contribution in [0, 0.1) is 5.92 Å². The van der Waals surface area contributed by atoms with Gasteiger partial charge in [0.15, 0.2) is 0 Å². The highest BCUT2D eigenvalue weighted by molar-refractivity contribution is 5.89. The highest BCUT2D eigenvalue weighted by atomic mass is 16.2. The lowest BCUT2D eigenvalue weighted by Crippen LogP contribution is -2.41. The number of carbonyl (C=O) groups is 1. The van der Waals surface area contributed by atoms with Gasteiger partial charge in [-0.1, -0.05) is 6.07 Å². The van der Waals surface area contributed by atoms with Crippen LogP contribution < -0.4 is 5.32 Å². The Labute approximate surface area is 149 Å². The molecular formula is C20H26N4O. The third-order valence-electron chi connectivity index (χ3n) is 5.58. The molecule has 1 saturated heterocycles. The van der Waals surface area contributed by atoms with E-state index in [2.05, 4.69) is 22.5 Å². The van der Waals surface area contributed by atoms with E-state index in [4.69, 9.17) is 0 Å². The van der Waals surface area contributed by atoms with Gasteiger partial charge in [0.25, 0.3) is 0 Å². The summed E-state index contributed by atoms with van der Waals surface area (Å²) in [7, 11) is 0. The van der Waals surface area contributed by atoms with Gasteiger partial charge in [-0.25, -0.2) is 4.79 Å². The maximum Gasteiger partial charge on any atom is 0.321 e. The van der Waals surface area contributed by atoms with Gasteiger partial charge in [-0.15, -0.1) is 0 Å². The maximum atomic E-state index is 12.5. The first kappa shape index (κ1) is 16.2. The van der Waals surface area contributed by atoms with Gasteiger partial charge in [0, 0.05) is 37.7 Å². The van der Waals surface area contributed by atoms with E-state index >= 15 is 0 Å². The van der Waals surface area contributed by atoms with Crippen molar-refractivity contribution >= 4 is 11.7 Å². The number of nitrogens with zero attached hydrogens (tertiary/aromatic N) is 3. The quantitative estimate of drug-likeness (QED) is 0.924. The van der Waals surface area contributed by atoms with Crippen LogP contribution >= 0.6 is 0 Å². The molecule has 1 fully saturated rings. The number of urea groups is 1. The van der Waals surface area contributed by atoms with Crippen LogP contribution in [0.1, 0.15) is 36.8 Å². The second-order valence-electron chi connectivity index (χ2n) is 7.26. The number of benzene rings is 1. The normalized spacial score (nSPS) is 17.5. The Morgan fingerprint density at radius 3 is 2.84 bits per heavy atom. The smallest absolute Gasteiger partial charge is 0.321 e. The monoisotopic (exact) mass is 338 g/mol. The summed E-state index contributed by atoms with van der Waals surface area (Å²) in [5.74, 6) is 0.688. The minimum Gasteiger partial charge on any atom is -0.325 e. The summed E-state index contributed by atoms with van der Waals surface area (Å²) in [6.07, 6.45) is 10.7. The molecule has 5 nitrogen and oxygen atoms in total. The van der Waals surface area contributed by atoms with Crippen LogP contribution in [0.4, 0.5) is 10.5 Å². The van der Waals surface area contributed by atoms with Crippen molar-refractivity contribution in [1.82, 2.24) is 14.7 Å². The molecule has 2 heterocycles. The molecule has 0 spiro atoms. The van der Waals surface area contributed by atoms with Crippen LogP contribution in [-0.4, -0.2) is 33.8 Å². The molecule has 0 bridgehead atoms. The van der Waals surface area contributed by atoms with Gasteiger partial charge in [0.2, 0.25) is 0 Å². The topological polar surface area (TPSA) is 50.2 Å². The number of anilines is 1.